The van der Waals surface area contributed by atoms with Crippen LogP contribution in [0.15, 0.2) is 41.8 Å². The van der Waals surface area contributed by atoms with Crippen molar-refractivity contribution in [2.75, 3.05) is 24.7 Å². The lowest BCUT2D eigenvalue weighted by molar-refractivity contribution is -0.153. The van der Waals surface area contributed by atoms with Gasteiger partial charge in [-0.25, -0.2) is 0 Å². The molecule has 2 saturated heterocycles. The Labute approximate surface area is 171 Å². The fourth-order valence-corrected chi connectivity index (χ4v) is 5.29. The van der Waals surface area contributed by atoms with Crippen molar-refractivity contribution in [3.8, 4) is 0 Å². The molecule has 0 spiro atoms. The van der Waals surface area contributed by atoms with Crippen LogP contribution in [-0.4, -0.2) is 58.3 Å². The van der Waals surface area contributed by atoms with Gasteiger partial charge in [0.05, 0.1) is 5.88 Å². The van der Waals surface area contributed by atoms with E-state index in [4.69, 9.17) is 0 Å². The van der Waals surface area contributed by atoms with Gasteiger partial charge in [-0.2, -0.15) is 0 Å². The molecular weight excluding hydrogens is 394 g/mol. The molecule has 2 aromatic rings. The molecule has 146 valence electrons. The third kappa shape index (κ3) is 4.07. The standard InChI is InChI=1S/C20H21N3O3S2/c24-18-11-22(20(26)17-12-27-13-23(17)18)10-14-3-5-15(6-4-14)19(25)21-8-7-16-2-1-9-28-16/h1-6,9,17H,7-8,10-13H2,(H,21,25). The summed E-state index contributed by atoms with van der Waals surface area (Å²) >= 11 is 3.30. The smallest absolute Gasteiger partial charge is 0.251 e. The predicted octanol–water partition coefficient (Wildman–Crippen LogP) is 1.96. The van der Waals surface area contributed by atoms with E-state index < -0.39 is 0 Å². The van der Waals surface area contributed by atoms with Crippen molar-refractivity contribution in [3.63, 3.8) is 0 Å². The molecule has 28 heavy (non-hydrogen) atoms. The van der Waals surface area contributed by atoms with E-state index in [1.807, 2.05) is 23.6 Å². The largest absolute Gasteiger partial charge is 0.352 e. The monoisotopic (exact) mass is 415 g/mol. The highest BCUT2D eigenvalue weighted by Gasteiger charge is 2.42. The zero-order valence-corrected chi connectivity index (χ0v) is 16.9. The Morgan fingerprint density at radius 3 is 2.75 bits per heavy atom. The number of carbonyl (C=O) groups excluding carboxylic acids is 3. The molecule has 1 N–H and O–H groups in total. The Kier molecular flexibility index (Phi) is 5.68. The molecule has 2 fully saturated rings. The van der Waals surface area contributed by atoms with E-state index in [0.717, 1.165) is 12.0 Å². The van der Waals surface area contributed by atoms with Gasteiger partial charge in [0, 0.05) is 29.3 Å². The second kappa shape index (κ2) is 8.36. The summed E-state index contributed by atoms with van der Waals surface area (Å²) in [7, 11) is 0. The first-order valence-electron chi connectivity index (χ1n) is 9.17. The molecule has 6 nitrogen and oxygen atoms in total. The van der Waals surface area contributed by atoms with Gasteiger partial charge in [0.2, 0.25) is 11.8 Å². The van der Waals surface area contributed by atoms with Crippen molar-refractivity contribution in [1.29, 1.82) is 0 Å². The molecule has 2 aliphatic rings. The molecule has 0 radical (unpaired) electrons. The Hall–Kier alpha value is -2.32. The molecule has 4 rings (SSSR count). The Balaban J connectivity index is 1.32. The number of carbonyl (C=O) groups is 3. The first kappa shape index (κ1) is 19.0. The van der Waals surface area contributed by atoms with E-state index in [2.05, 4.69) is 11.4 Å². The maximum absolute atomic E-state index is 12.6. The number of nitrogens with zero attached hydrogens (tertiary/aromatic N) is 2. The van der Waals surface area contributed by atoms with Crippen LogP contribution < -0.4 is 5.32 Å². The van der Waals surface area contributed by atoms with Gasteiger partial charge in [-0.1, -0.05) is 18.2 Å². The summed E-state index contributed by atoms with van der Waals surface area (Å²) in [5.74, 6) is 1.20. The van der Waals surface area contributed by atoms with Gasteiger partial charge in [0.25, 0.3) is 5.91 Å². The number of amides is 3. The molecule has 0 saturated carbocycles. The summed E-state index contributed by atoms with van der Waals surface area (Å²) in [5, 5.41) is 4.95. The Morgan fingerprint density at radius 2 is 2.00 bits per heavy atom. The molecule has 0 bridgehead atoms. The van der Waals surface area contributed by atoms with Gasteiger partial charge >= 0.3 is 0 Å². The molecule has 3 amide bonds. The second-order valence-corrected chi connectivity index (χ2v) is 8.89. The van der Waals surface area contributed by atoms with Crippen LogP contribution in [0.3, 0.4) is 0 Å². The van der Waals surface area contributed by atoms with Gasteiger partial charge < -0.3 is 15.1 Å². The van der Waals surface area contributed by atoms with Crippen LogP contribution in [-0.2, 0) is 22.6 Å². The minimum atomic E-state index is -0.320. The number of hydrogen-bond acceptors (Lipinski definition) is 5. The van der Waals surface area contributed by atoms with Crippen LogP contribution in [0.5, 0.6) is 0 Å². The third-order valence-electron chi connectivity index (χ3n) is 4.95. The quantitative estimate of drug-likeness (QED) is 0.783. The predicted molar refractivity (Wildman–Crippen MR) is 110 cm³/mol. The fourth-order valence-electron chi connectivity index (χ4n) is 3.41. The molecule has 3 heterocycles. The first-order chi connectivity index (χ1) is 13.6. The van der Waals surface area contributed by atoms with E-state index in [-0.39, 0.29) is 30.3 Å². The molecule has 0 aliphatic carbocycles. The average molecular weight is 416 g/mol. The number of piperazine rings is 1. The zero-order valence-electron chi connectivity index (χ0n) is 15.3. The summed E-state index contributed by atoms with van der Waals surface area (Å²) in [4.78, 5) is 41.6. The highest BCUT2D eigenvalue weighted by atomic mass is 32.2. The maximum atomic E-state index is 12.6. The molecule has 1 aromatic heterocycles. The molecule has 1 unspecified atom stereocenters. The van der Waals surface area contributed by atoms with Gasteiger partial charge in [-0.3, -0.25) is 14.4 Å². The molecule has 1 aromatic carbocycles. The molecular formula is C20H21N3O3S2. The minimum Gasteiger partial charge on any atom is -0.352 e. The topological polar surface area (TPSA) is 69.7 Å². The summed E-state index contributed by atoms with van der Waals surface area (Å²) in [5.41, 5.74) is 1.50. The highest BCUT2D eigenvalue weighted by Crippen LogP contribution is 2.26. The summed E-state index contributed by atoms with van der Waals surface area (Å²) in [6.07, 6.45) is 0.822. The van der Waals surface area contributed by atoms with Gasteiger partial charge in [-0.05, 0) is 35.6 Å². The lowest BCUT2D eigenvalue weighted by Gasteiger charge is -2.35. The van der Waals surface area contributed by atoms with Crippen molar-refractivity contribution in [2.45, 2.75) is 19.0 Å². The minimum absolute atomic E-state index is 0.0105. The molecule has 8 heteroatoms. The highest BCUT2D eigenvalue weighted by molar-refractivity contribution is 7.99. The first-order valence-corrected chi connectivity index (χ1v) is 11.2. The van der Waals surface area contributed by atoms with Gasteiger partial charge in [0.1, 0.15) is 12.6 Å². The summed E-state index contributed by atoms with van der Waals surface area (Å²) in [6.45, 7) is 1.11. The van der Waals surface area contributed by atoms with Crippen molar-refractivity contribution in [2.24, 2.45) is 0 Å². The summed E-state index contributed by atoms with van der Waals surface area (Å²) in [6, 6.07) is 11.0. The fraction of sp³-hybridized carbons (Fsp3) is 0.350. The Bertz CT molecular complexity index is 867. The van der Waals surface area contributed by atoms with E-state index in [9.17, 15) is 14.4 Å². The molecule has 1 atom stereocenters. The van der Waals surface area contributed by atoms with Crippen LogP contribution in [0.4, 0.5) is 0 Å². The van der Waals surface area contributed by atoms with E-state index in [0.29, 0.717) is 30.3 Å². The zero-order chi connectivity index (χ0) is 19.5. The van der Waals surface area contributed by atoms with Crippen LogP contribution >= 0.6 is 23.1 Å². The summed E-state index contributed by atoms with van der Waals surface area (Å²) < 4.78 is 0. The van der Waals surface area contributed by atoms with Crippen LogP contribution in [0.25, 0.3) is 0 Å². The van der Waals surface area contributed by atoms with Crippen molar-refractivity contribution in [3.05, 3.63) is 57.8 Å². The van der Waals surface area contributed by atoms with Crippen molar-refractivity contribution in [1.82, 2.24) is 15.1 Å². The number of hydrogen-bond donors (Lipinski definition) is 1. The number of rotatable bonds is 6. The SMILES string of the molecule is O=C(NCCc1cccs1)c1ccc(CN2CC(=O)N3CSCC3C2=O)cc1. The third-order valence-corrected chi connectivity index (χ3v) is 6.90. The number of fused-ring (bicyclic) bond motifs is 1. The number of benzene rings is 1. The van der Waals surface area contributed by atoms with E-state index in [1.165, 1.54) is 4.88 Å². The number of thioether (sulfide) groups is 1. The number of nitrogens with one attached hydrogen (secondary N) is 1. The van der Waals surface area contributed by atoms with Gasteiger partial charge in [0.15, 0.2) is 0 Å². The van der Waals surface area contributed by atoms with Gasteiger partial charge in [-0.15, -0.1) is 23.1 Å². The van der Waals surface area contributed by atoms with Crippen molar-refractivity contribution >= 4 is 40.8 Å². The van der Waals surface area contributed by atoms with Crippen LogP contribution in [0, 0.1) is 0 Å². The normalized spacial score (nSPS) is 19.1. The maximum Gasteiger partial charge on any atom is 0.251 e. The molecule has 2 aliphatic heterocycles. The lowest BCUT2D eigenvalue weighted by atomic mass is 10.1. The lowest BCUT2D eigenvalue weighted by Crippen LogP contribution is -2.57. The second-order valence-electron chi connectivity index (χ2n) is 6.86. The Morgan fingerprint density at radius 1 is 1.18 bits per heavy atom. The number of thiophene rings is 1. The van der Waals surface area contributed by atoms with E-state index >= 15 is 0 Å². The average Bonchev–Trinajstić information content (AvgIpc) is 3.38. The van der Waals surface area contributed by atoms with E-state index in [1.54, 1.807) is 45.0 Å². The van der Waals surface area contributed by atoms with Crippen LogP contribution in [0.2, 0.25) is 0 Å². The van der Waals surface area contributed by atoms with Crippen molar-refractivity contribution < 1.29 is 14.4 Å². The van der Waals surface area contributed by atoms with Crippen LogP contribution in [0.1, 0.15) is 20.8 Å².